The Labute approximate surface area is 95.6 Å². The fourth-order valence-corrected chi connectivity index (χ4v) is 2.40. The van der Waals surface area contributed by atoms with Crippen LogP contribution in [0.25, 0.3) is 0 Å². The Morgan fingerprint density at radius 3 is 2.27 bits per heavy atom. The zero-order chi connectivity index (χ0) is 10.7. The molecule has 2 nitrogen and oxygen atoms in total. The van der Waals surface area contributed by atoms with Gasteiger partial charge >= 0.3 is 0 Å². The maximum Gasteiger partial charge on any atom is 0.152 e. The summed E-state index contributed by atoms with van der Waals surface area (Å²) < 4.78 is 1.49. The van der Waals surface area contributed by atoms with Crippen LogP contribution in [0.1, 0.15) is 32.1 Å². The first-order chi connectivity index (χ1) is 7.22. The number of nitrogens with zero attached hydrogens (tertiary/aromatic N) is 1. The van der Waals surface area contributed by atoms with Gasteiger partial charge in [-0.25, -0.2) is 0 Å². The Kier molecular flexibility index (Phi) is 3.17. The molecule has 1 aromatic carbocycles. The lowest BCUT2D eigenvalue weighted by atomic mass is 9.91. The smallest absolute Gasteiger partial charge is 0.152 e. The molecular formula is C12H16ClNO. The van der Waals surface area contributed by atoms with Gasteiger partial charge in [0.2, 0.25) is 0 Å². The van der Waals surface area contributed by atoms with Gasteiger partial charge in [0.15, 0.2) is 5.72 Å². The van der Waals surface area contributed by atoms with Crippen LogP contribution in [0, 0.1) is 0 Å². The van der Waals surface area contributed by atoms with E-state index >= 15 is 0 Å². The first kappa shape index (κ1) is 10.8. The van der Waals surface area contributed by atoms with Gasteiger partial charge in [0.25, 0.3) is 0 Å². The summed E-state index contributed by atoms with van der Waals surface area (Å²) in [6, 6.07) is 9.63. The van der Waals surface area contributed by atoms with E-state index < -0.39 is 5.72 Å². The first-order valence-electron chi connectivity index (χ1n) is 5.46. The van der Waals surface area contributed by atoms with Gasteiger partial charge < -0.3 is 5.11 Å². The molecule has 0 radical (unpaired) electrons. The van der Waals surface area contributed by atoms with Crippen LogP contribution in [-0.4, -0.2) is 10.8 Å². The summed E-state index contributed by atoms with van der Waals surface area (Å²) in [4.78, 5) is 0. The van der Waals surface area contributed by atoms with Gasteiger partial charge in [0, 0.05) is 11.8 Å². The fourth-order valence-electron chi connectivity index (χ4n) is 2.11. The maximum absolute atomic E-state index is 10.4. The topological polar surface area (TPSA) is 23.5 Å². The Morgan fingerprint density at radius 1 is 1.07 bits per heavy atom. The quantitative estimate of drug-likeness (QED) is 0.617. The third-order valence-electron chi connectivity index (χ3n) is 3.00. The molecule has 15 heavy (non-hydrogen) atoms. The Morgan fingerprint density at radius 2 is 1.67 bits per heavy atom. The zero-order valence-electron chi connectivity index (χ0n) is 8.69. The molecule has 0 spiro atoms. The van der Waals surface area contributed by atoms with Gasteiger partial charge in [-0.1, -0.05) is 24.6 Å². The van der Waals surface area contributed by atoms with E-state index in [9.17, 15) is 5.11 Å². The van der Waals surface area contributed by atoms with E-state index in [2.05, 4.69) is 0 Å². The second-order valence-corrected chi connectivity index (χ2v) is 4.50. The number of hydrogen-bond donors (Lipinski definition) is 1. The van der Waals surface area contributed by atoms with Crippen LogP contribution in [0.3, 0.4) is 0 Å². The largest absolute Gasteiger partial charge is 0.370 e. The zero-order valence-corrected chi connectivity index (χ0v) is 9.45. The molecule has 3 heteroatoms. The van der Waals surface area contributed by atoms with Crippen molar-refractivity contribution in [2.45, 2.75) is 37.8 Å². The highest BCUT2D eigenvalue weighted by atomic mass is 35.5. The van der Waals surface area contributed by atoms with Crippen molar-refractivity contribution in [2.24, 2.45) is 0 Å². The number of anilines is 1. The summed E-state index contributed by atoms with van der Waals surface area (Å²) in [6.07, 6.45) is 4.80. The second kappa shape index (κ2) is 4.42. The number of halogens is 1. The molecular weight excluding hydrogens is 210 g/mol. The van der Waals surface area contributed by atoms with Gasteiger partial charge in [-0.05, 0) is 37.8 Å². The van der Waals surface area contributed by atoms with Gasteiger partial charge in [0.1, 0.15) is 0 Å². The van der Waals surface area contributed by atoms with Crippen LogP contribution < -0.4 is 4.42 Å². The molecule has 0 unspecified atom stereocenters. The molecule has 0 aromatic heterocycles. The van der Waals surface area contributed by atoms with Crippen molar-refractivity contribution < 1.29 is 5.11 Å². The minimum atomic E-state index is -0.860. The normalized spacial score (nSPS) is 19.9. The first-order valence-corrected chi connectivity index (χ1v) is 5.80. The van der Waals surface area contributed by atoms with Crippen molar-refractivity contribution in [3.63, 3.8) is 0 Å². The van der Waals surface area contributed by atoms with Crippen LogP contribution in [0.15, 0.2) is 30.3 Å². The van der Waals surface area contributed by atoms with E-state index in [1.807, 2.05) is 30.3 Å². The van der Waals surface area contributed by atoms with Crippen molar-refractivity contribution in [1.29, 1.82) is 0 Å². The summed E-state index contributed by atoms with van der Waals surface area (Å²) in [7, 11) is 0. The summed E-state index contributed by atoms with van der Waals surface area (Å²) in [6.45, 7) is 0. The number of rotatable bonds is 2. The molecule has 0 amide bonds. The SMILES string of the molecule is OC1(N(Cl)c2ccccc2)CCCCC1. The number of aliphatic hydroxyl groups is 1. The van der Waals surface area contributed by atoms with E-state index in [1.54, 1.807) is 0 Å². The molecule has 1 aliphatic carbocycles. The van der Waals surface area contributed by atoms with Crippen LogP contribution in [0.2, 0.25) is 0 Å². The van der Waals surface area contributed by atoms with E-state index in [4.69, 9.17) is 11.8 Å². The van der Waals surface area contributed by atoms with Crippen LogP contribution in [0.4, 0.5) is 5.69 Å². The van der Waals surface area contributed by atoms with Crippen molar-refractivity contribution >= 4 is 17.5 Å². The van der Waals surface area contributed by atoms with Crippen molar-refractivity contribution in [2.75, 3.05) is 4.42 Å². The van der Waals surface area contributed by atoms with Gasteiger partial charge in [-0.15, -0.1) is 0 Å². The highest BCUT2D eigenvalue weighted by Gasteiger charge is 2.35. The third-order valence-corrected chi connectivity index (χ3v) is 3.51. The number of benzene rings is 1. The predicted molar refractivity (Wildman–Crippen MR) is 62.8 cm³/mol. The predicted octanol–water partition coefficient (Wildman–Crippen LogP) is 3.30. The Balaban J connectivity index is 2.16. The van der Waals surface area contributed by atoms with Gasteiger partial charge in [0.05, 0.1) is 5.69 Å². The van der Waals surface area contributed by atoms with Gasteiger partial charge in [-0.3, -0.25) is 4.42 Å². The fraction of sp³-hybridized carbons (Fsp3) is 0.500. The average Bonchev–Trinajstić information content (AvgIpc) is 2.30. The van der Waals surface area contributed by atoms with Crippen molar-refractivity contribution in [3.8, 4) is 0 Å². The minimum Gasteiger partial charge on any atom is -0.370 e. The summed E-state index contributed by atoms with van der Waals surface area (Å²) in [5.74, 6) is 0. The monoisotopic (exact) mass is 225 g/mol. The van der Waals surface area contributed by atoms with Crippen molar-refractivity contribution in [1.82, 2.24) is 0 Å². The second-order valence-electron chi connectivity index (χ2n) is 4.16. The van der Waals surface area contributed by atoms with E-state index in [1.165, 1.54) is 10.8 Å². The molecule has 2 rings (SSSR count). The molecule has 1 saturated carbocycles. The highest BCUT2D eigenvalue weighted by Crippen LogP contribution is 2.35. The van der Waals surface area contributed by atoms with Gasteiger partial charge in [-0.2, -0.15) is 0 Å². The molecule has 1 N–H and O–H groups in total. The summed E-state index contributed by atoms with van der Waals surface area (Å²) in [5, 5.41) is 10.4. The molecule has 1 fully saturated rings. The molecule has 0 atom stereocenters. The van der Waals surface area contributed by atoms with Crippen LogP contribution >= 0.6 is 11.8 Å². The van der Waals surface area contributed by atoms with Crippen LogP contribution in [-0.2, 0) is 0 Å². The van der Waals surface area contributed by atoms with Crippen LogP contribution in [0.5, 0.6) is 0 Å². The Hall–Kier alpha value is -0.730. The molecule has 0 saturated heterocycles. The molecule has 0 heterocycles. The summed E-state index contributed by atoms with van der Waals surface area (Å²) in [5.41, 5.74) is 0.00445. The molecule has 1 aromatic rings. The van der Waals surface area contributed by atoms with Crippen molar-refractivity contribution in [3.05, 3.63) is 30.3 Å². The third kappa shape index (κ3) is 2.27. The molecule has 82 valence electrons. The van der Waals surface area contributed by atoms with E-state index in [0.717, 1.165) is 31.4 Å². The average molecular weight is 226 g/mol. The van der Waals surface area contributed by atoms with E-state index in [-0.39, 0.29) is 0 Å². The number of hydrogen-bond acceptors (Lipinski definition) is 2. The standard InChI is InChI=1S/C12H16ClNO/c13-14(11-7-3-1-4-8-11)12(15)9-5-2-6-10-12/h1,3-4,7-8,15H,2,5-6,9-10H2. The minimum absolute atomic E-state index is 0.755. The number of para-hydroxylation sites is 1. The summed E-state index contributed by atoms with van der Waals surface area (Å²) >= 11 is 6.21. The highest BCUT2D eigenvalue weighted by molar-refractivity contribution is 6.26. The maximum atomic E-state index is 10.4. The Bertz CT molecular complexity index is 309. The molecule has 1 aliphatic rings. The van der Waals surface area contributed by atoms with E-state index in [0.29, 0.717) is 0 Å². The molecule has 0 bridgehead atoms. The molecule has 0 aliphatic heterocycles. The lowest BCUT2D eigenvalue weighted by Crippen LogP contribution is -2.45. The lowest BCUT2D eigenvalue weighted by molar-refractivity contribution is 0.0161. The lowest BCUT2D eigenvalue weighted by Gasteiger charge is -2.38.